The molecule has 0 spiro atoms. The lowest BCUT2D eigenvalue weighted by Gasteiger charge is -2.21. The van der Waals surface area contributed by atoms with Crippen molar-refractivity contribution < 1.29 is 27.4 Å². The van der Waals surface area contributed by atoms with Crippen molar-refractivity contribution in [2.75, 3.05) is 46.6 Å². The van der Waals surface area contributed by atoms with Crippen LogP contribution in [0.4, 0.5) is 13.2 Å². The number of halogens is 3. The van der Waals surface area contributed by atoms with Gasteiger partial charge in [-0.05, 0) is 31.2 Å². The van der Waals surface area contributed by atoms with Crippen LogP contribution in [0.25, 0.3) is 0 Å². The van der Waals surface area contributed by atoms with Crippen LogP contribution in [-0.2, 0) is 16.0 Å². The van der Waals surface area contributed by atoms with Crippen LogP contribution >= 0.6 is 0 Å². The summed E-state index contributed by atoms with van der Waals surface area (Å²) in [5.74, 6) is 1.08. The molecule has 0 aliphatic carbocycles. The van der Waals surface area contributed by atoms with Gasteiger partial charge in [0.2, 0.25) is 5.88 Å². The van der Waals surface area contributed by atoms with Gasteiger partial charge in [-0.3, -0.25) is 4.99 Å². The largest absolute Gasteiger partial charge is 0.468 e. The maximum atomic E-state index is 12.4. The van der Waals surface area contributed by atoms with Gasteiger partial charge in [0, 0.05) is 58.3 Å². The number of ether oxygens (including phenoxy) is 3. The van der Waals surface area contributed by atoms with Gasteiger partial charge in [-0.1, -0.05) is 6.07 Å². The van der Waals surface area contributed by atoms with E-state index in [0.29, 0.717) is 30.6 Å². The number of guanidine groups is 1. The number of rotatable bonds is 10. The zero-order valence-corrected chi connectivity index (χ0v) is 16.6. The second-order valence-electron chi connectivity index (χ2n) is 6.71. The monoisotopic (exact) mass is 418 g/mol. The Morgan fingerprint density at radius 1 is 1.31 bits per heavy atom. The highest BCUT2D eigenvalue weighted by molar-refractivity contribution is 5.79. The second kappa shape index (κ2) is 12.5. The standard InChI is InChI=1S/C19H29F3N4O3/c1-23-18(25-8-3-9-28-13-15-5-10-27-11-6-15)26-12-16-4-2-7-24-17(16)29-14-19(20,21)22/h2,4,7,15H,3,5-6,8-14H2,1H3,(H2,23,25,26). The van der Waals surface area contributed by atoms with E-state index in [1.165, 1.54) is 6.20 Å². The van der Waals surface area contributed by atoms with Crippen LogP contribution in [0, 0.1) is 5.92 Å². The van der Waals surface area contributed by atoms with E-state index in [1.807, 2.05) is 0 Å². The number of alkyl halides is 3. The molecule has 1 aromatic heterocycles. The van der Waals surface area contributed by atoms with Crippen LogP contribution in [-0.4, -0.2) is 63.7 Å². The summed E-state index contributed by atoms with van der Waals surface area (Å²) in [7, 11) is 1.63. The van der Waals surface area contributed by atoms with Gasteiger partial charge < -0.3 is 24.8 Å². The fourth-order valence-corrected chi connectivity index (χ4v) is 2.78. The van der Waals surface area contributed by atoms with Gasteiger partial charge in [0.25, 0.3) is 0 Å². The SMILES string of the molecule is CN=C(NCCCOCC1CCOCC1)NCc1cccnc1OCC(F)(F)F. The molecule has 29 heavy (non-hydrogen) atoms. The Labute approximate surface area is 169 Å². The van der Waals surface area contributed by atoms with Gasteiger partial charge in [-0.15, -0.1) is 0 Å². The van der Waals surface area contributed by atoms with Crippen molar-refractivity contribution in [3.05, 3.63) is 23.9 Å². The molecule has 0 bridgehead atoms. The summed E-state index contributed by atoms with van der Waals surface area (Å²) in [5.41, 5.74) is 0.513. The normalized spacial score (nSPS) is 15.9. The molecule has 0 unspecified atom stereocenters. The molecule has 0 aromatic carbocycles. The van der Waals surface area contributed by atoms with Crippen LogP contribution in [0.3, 0.4) is 0 Å². The lowest BCUT2D eigenvalue weighted by molar-refractivity contribution is -0.154. The molecule has 2 N–H and O–H groups in total. The molecule has 1 aromatic rings. The summed E-state index contributed by atoms with van der Waals surface area (Å²) in [6.07, 6.45) is -0.0956. The zero-order chi connectivity index (χ0) is 21.0. The molecule has 7 nitrogen and oxygen atoms in total. The van der Waals surface area contributed by atoms with Gasteiger partial charge in [0.15, 0.2) is 12.6 Å². The fourth-order valence-electron chi connectivity index (χ4n) is 2.78. The lowest BCUT2D eigenvalue weighted by Crippen LogP contribution is -2.37. The first kappa shape index (κ1) is 23.2. The first-order valence-corrected chi connectivity index (χ1v) is 9.71. The average Bonchev–Trinajstić information content (AvgIpc) is 2.72. The first-order valence-electron chi connectivity index (χ1n) is 9.71. The van der Waals surface area contributed by atoms with Gasteiger partial charge >= 0.3 is 6.18 Å². The van der Waals surface area contributed by atoms with Crippen molar-refractivity contribution in [3.8, 4) is 5.88 Å². The third kappa shape index (κ3) is 9.80. The van der Waals surface area contributed by atoms with Crippen LogP contribution in [0.15, 0.2) is 23.3 Å². The molecule has 0 atom stereocenters. The Balaban J connectivity index is 1.64. The number of aromatic nitrogens is 1. The Bertz CT molecular complexity index is 623. The summed E-state index contributed by atoms with van der Waals surface area (Å²) in [6, 6.07) is 3.30. The highest BCUT2D eigenvalue weighted by Crippen LogP contribution is 2.19. The average molecular weight is 418 g/mol. The lowest BCUT2D eigenvalue weighted by atomic mass is 10.0. The number of nitrogens with one attached hydrogen (secondary N) is 2. The molecular weight excluding hydrogens is 389 g/mol. The number of aliphatic imine (C=N–C) groups is 1. The molecule has 0 amide bonds. The van der Waals surface area contributed by atoms with E-state index in [-0.39, 0.29) is 12.4 Å². The van der Waals surface area contributed by atoms with E-state index in [1.54, 1.807) is 19.2 Å². The van der Waals surface area contributed by atoms with Crippen LogP contribution < -0.4 is 15.4 Å². The van der Waals surface area contributed by atoms with E-state index in [0.717, 1.165) is 39.1 Å². The summed E-state index contributed by atoms with van der Waals surface area (Å²) in [5, 5.41) is 6.20. The van der Waals surface area contributed by atoms with E-state index >= 15 is 0 Å². The molecule has 0 radical (unpaired) electrons. The van der Waals surface area contributed by atoms with E-state index in [9.17, 15) is 13.2 Å². The van der Waals surface area contributed by atoms with Gasteiger partial charge in [-0.25, -0.2) is 4.98 Å². The van der Waals surface area contributed by atoms with E-state index in [4.69, 9.17) is 14.2 Å². The molecule has 1 aliphatic heterocycles. The van der Waals surface area contributed by atoms with Crippen LogP contribution in [0.1, 0.15) is 24.8 Å². The molecule has 2 rings (SSSR count). The predicted molar refractivity (Wildman–Crippen MR) is 103 cm³/mol. The number of nitrogens with zero attached hydrogens (tertiary/aromatic N) is 2. The number of pyridine rings is 1. The third-order valence-corrected chi connectivity index (χ3v) is 4.34. The van der Waals surface area contributed by atoms with Crippen LogP contribution in [0.2, 0.25) is 0 Å². The molecule has 1 aliphatic rings. The summed E-state index contributed by atoms with van der Waals surface area (Å²) in [4.78, 5) is 7.98. The summed E-state index contributed by atoms with van der Waals surface area (Å²) in [6.45, 7) is 2.57. The zero-order valence-electron chi connectivity index (χ0n) is 16.6. The maximum absolute atomic E-state index is 12.4. The summed E-state index contributed by atoms with van der Waals surface area (Å²) >= 11 is 0. The smallest absolute Gasteiger partial charge is 0.422 e. The topological polar surface area (TPSA) is 77.0 Å². The minimum absolute atomic E-state index is 0.0470. The van der Waals surface area contributed by atoms with Crippen molar-refractivity contribution in [2.45, 2.75) is 32.0 Å². The maximum Gasteiger partial charge on any atom is 0.422 e. The van der Waals surface area contributed by atoms with Crippen LogP contribution in [0.5, 0.6) is 5.88 Å². The molecule has 2 heterocycles. The van der Waals surface area contributed by atoms with Gasteiger partial charge in [0.05, 0.1) is 0 Å². The predicted octanol–water partition coefficient (Wildman–Crippen LogP) is 2.52. The molecule has 0 saturated carbocycles. The number of hydrogen-bond donors (Lipinski definition) is 2. The Hall–Kier alpha value is -2.07. The fraction of sp³-hybridized carbons (Fsp3) is 0.684. The van der Waals surface area contributed by atoms with Crippen molar-refractivity contribution >= 4 is 5.96 Å². The van der Waals surface area contributed by atoms with Crippen molar-refractivity contribution in [1.82, 2.24) is 15.6 Å². The minimum Gasteiger partial charge on any atom is -0.468 e. The van der Waals surface area contributed by atoms with Gasteiger partial charge in [0.1, 0.15) is 0 Å². The highest BCUT2D eigenvalue weighted by atomic mass is 19.4. The first-order chi connectivity index (χ1) is 14.0. The molecular formula is C19H29F3N4O3. The molecule has 10 heteroatoms. The Morgan fingerprint density at radius 2 is 2.10 bits per heavy atom. The molecule has 1 fully saturated rings. The summed E-state index contributed by atoms with van der Waals surface area (Å²) < 4.78 is 52.9. The second-order valence-corrected chi connectivity index (χ2v) is 6.71. The van der Waals surface area contributed by atoms with E-state index < -0.39 is 12.8 Å². The highest BCUT2D eigenvalue weighted by Gasteiger charge is 2.29. The van der Waals surface area contributed by atoms with Gasteiger partial charge in [-0.2, -0.15) is 13.2 Å². The van der Waals surface area contributed by atoms with Crippen molar-refractivity contribution in [3.63, 3.8) is 0 Å². The molecule has 164 valence electrons. The third-order valence-electron chi connectivity index (χ3n) is 4.34. The van der Waals surface area contributed by atoms with Crippen molar-refractivity contribution in [2.24, 2.45) is 10.9 Å². The van der Waals surface area contributed by atoms with E-state index in [2.05, 4.69) is 20.6 Å². The quantitative estimate of drug-likeness (QED) is 0.346. The Morgan fingerprint density at radius 3 is 2.83 bits per heavy atom. The molecule has 1 saturated heterocycles. The minimum atomic E-state index is -4.41. The van der Waals surface area contributed by atoms with Crippen molar-refractivity contribution in [1.29, 1.82) is 0 Å². The Kier molecular flexibility index (Phi) is 9.99. The number of hydrogen-bond acceptors (Lipinski definition) is 5.